The molecule has 0 atom stereocenters. The van der Waals surface area contributed by atoms with E-state index >= 15 is 0 Å². The van der Waals surface area contributed by atoms with Gasteiger partial charge in [0.1, 0.15) is 5.82 Å². The summed E-state index contributed by atoms with van der Waals surface area (Å²) in [6.45, 7) is 6.63. The van der Waals surface area contributed by atoms with E-state index in [2.05, 4.69) is 25.5 Å². The van der Waals surface area contributed by atoms with Gasteiger partial charge in [-0.25, -0.2) is 18.7 Å². The molecule has 1 saturated carbocycles. The van der Waals surface area contributed by atoms with E-state index < -0.39 is 5.92 Å². The van der Waals surface area contributed by atoms with Crippen molar-refractivity contribution in [1.29, 1.82) is 0 Å². The molecule has 1 aliphatic carbocycles. The summed E-state index contributed by atoms with van der Waals surface area (Å²) in [4.78, 5) is 13.8. The molecule has 2 heterocycles. The first kappa shape index (κ1) is 23.9. The molecule has 1 fully saturated rings. The summed E-state index contributed by atoms with van der Waals surface area (Å²) in [6, 6.07) is 7.94. The van der Waals surface area contributed by atoms with Gasteiger partial charge in [0, 0.05) is 55.5 Å². The minimum atomic E-state index is -2.58. The Kier molecular flexibility index (Phi) is 7.24. The van der Waals surface area contributed by atoms with Crippen LogP contribution in [0.15, 0.2) is 51.7 Å². The van der Waals surface area contributed by atoms with Crippen LogP contribution in [0.5, 0.6) is 0 Å². The van der Waals surface area contributed by atoms with E-state index in [0.29, 0.717) is 30.9 Å². The molecule has 2 aromatic rings. The first-order chi connectivity index (χ1) is 16.4. The quantitative estimate of drug-likeness (QED) is 0.496. The Hall–Kier alpha value is -3.29. The molecule has 0 amide bonds. The van der Waals surface area contributed by atoms with Crippen LogP contribution in [0.25, 0.3) is 17.0 Å². The van der Waals surface area contributed by atoms with Gasteiger partial charge in [-0.1, -0.05) is 24.3 Å². The van der Waals surface area contributed by atoms with Crippen molar-refractivity contribution in [2.75, 3.05) is 11.9 Å². The summed E-state index contributed by atoms with van der Waals surface area (Å²) < 4.78 is 27.4. The van der Waals surface area contributed by atoms with Crippen molar-refractivity contribution in [3.8, 4) is 11.4 Å². The van der Waals surface area contributed by atoms with E-state index in [1.807, 2.05) is 57.3 Å². The van der Waals surface area contributed by atoms with E-state index in [1.54, 1.807) is 6.20 Å². The zero-order chi connectivity index (χ0) is 24.1. The molecule has 0 saturated heterocycles. The Bertz CT molecular complexity index is 1160. The molecule has 8 heteroatoms. The highest BCUT2D eigenvalue weighted by molar-refractivity contribution is 6.16. The predicted octanol–water partition coefficient (Wildman–Crippen LogP) is 6.20. The maximum absolute atomic E-state index is 13.7. The Morgan fingerprint density at radius 1 is 1.24 bits per heavy atom. The van der Waals surface area contributed by atoms with Crippen molar-refractivity contribution in [1.82, 2.24) is 9.97 Å². The van der Waals surface area contributed by atoms with Crippen LogP contribution in [0.4, 0.5) is 14.6 Å². The topological polar surface area (TPSA) is 74.9 Å². The van der Waals surface area contributed by atoms with E-state index in [9.17, 15) is 8.78 Å². The maximum Gasteiger partial charge on any atom is 0.248 e. The van der Waals surface area contributed by atoms with Crippen molar-refractivity contribution < 1.29 is 8.78 Å². The van der Waals surface area contributed by atoms with Crippen LogP contribution in [-0.4, -0.2) is 46.1 Å². The number of rotatable bonds is 7. The van der Waals surface area contributed by atoms with Gasteiger partial charge in [-0.15, -0.1) is 0 Å². The third-order valence-electron chi connectivity index (χ3n) is 6.10. The number of nitrogens with one attached hydrogen (secondary N) is 1. The normalized spacial score (nSPS) is 18.8. The van der Waals surface area contributed by atoms with Gasteiger partial charge in [0.05, 0.1) is 11.3 Å². The van der Waals surface area contributed by atoms with Gasteiger partial charge in [0.25, 0.3) is 0 Å². The Morgan fingerprint density at radius 3 is 2.71 bits per heavy atom. The highest BCUT2D eigenvalue weighted by atomic mass is 19.3. The molecule has 178 valence electrons. The van der Waals surface area contributed by atoms with Crippen LogP contribution in [0, 0.1) is 0 Å². The first-order valence-electron chi connectivity index (χ1n) is 11.8. The van der Waals surface area contributed by atoms with Crippen LogP contribution in [-0.2, 0) is 0 Å². The molecule has 0 unspecified atom stereocenters. The van der Waals surface area contributed by atoms with Crippen LogP contribution < -0.4 is 5.32 Å². The van der Waals surface area contributed by atoms with E-state index in [-0.39, 0.29) is 18.9 Å². The van der Waals surface area contributed by atoms with Crippen molar-refractivity contribution in [3.63, 3.8) is 0 Å². The predicted molar refractivity (Wildman–Crippen MR) is 135 cm³/mol. The maximum atomic E-state index is 13.7. The van der Waals surface area contributed by atoms with Gasteiger partial charge in [-0.05, 0) is 50.8 Å². The molecule has 1 aromatic carbocycles. The van der Waals surface area contributed by atoms with Crippen molar-refractivity contribution >= 4 is 29.0 Å². The SMILES string of the molecule is C/C=C(\C=NCC)c1cccc(-c2ncc(C3=NN=C(C)C3)c(NC3CCC(F)(F)CC3)n2)c1. The molecule has 34 heavy (non-hydrogen) atoms. The van der Waals surface area contributed by atoms with Gasteiger partial charge in [-0.2, -0.15) is 10.2 Å². The second-order valence-corrected chi connectivity index (χ2v) is 8.74. The second-order valence-electron chi connectivity index (χ2n) is 8.74. The fourth-order valence-electron chi connectivity index (χ4n) is 4.17. The zero-order valence-corrected chi connectivity index (χ0v) is 19.9. The molecule has 6 nitrogen and oxygen atoms in total. The number of allylic oxidation sites excluding steroid dienone is 2. The minimum Gasteiger partial charge on any atom is -0.367 e. The zero-order valence-electron chi connectivity index (χ0n) is 19.9. The van der Waals surface area contributed by atoms with E-state index in [4.69, 9.17) is 4.98 Å². The Balaban J connectivity index is 1.66. The molecule has 1 aromatic heterocycles. The monoisotopic (exact) mass is 464 g/mol. The average Bonchev–Trinajstić information content (AvgIpc) is 3.27. The number of halogens is 2. The number of hydrogen-bond acceptors (Lipinski definition) is 6. The minimum absolute atomic E-state index is 0.0728. The van der Waals surface area contributed by atoms with E-state index in [1.165, 1.54) is 0 Å². The lowest BCUT2D eigenvalue weighted by Gasteiger charge is -2.29. The smallest absolute Gasteiger partial charge is 0.248 e. The lowest BCUT2D eigenvalue weighted by molar-refractivity contribution is -0.0361. The number of alkyl halides is 2. The molecule has 2 aliphatic rings. The number of benzene rings is 1. The lowest BCUT2D eigenvalue weighted by atomic mass is 9.92. The number of anilines is 1. The van der Waals surface area contributed by atoms with Gasteiger partial charge in [0.2, 0.25) is 5.92 Å². The van der Waals surface area contributed by atoms with E-state index in [0.717, 1.165) is 40.2 Å². The van der Waals surface area contributed by atoms with Crippen LogP contribution in [0.1, 0.15) is 64.0 Å². The summed E-state index contributed by atoms with van der Waals surface area (Å²) in [6.07, 6.45) is 6.83. The Morgan fingerprint density at radius 2 is 2.03 bits per heavy atom. The van der Waals surface area contributed by atoms with Gasteiger partial charge >= 0.3 is 0 Å². The molecule has 0 bridgehead atoms. The standard InChI is InChI=1S/C26H30F2N6/c1-4-18(15-29-5-2)19-7-6-8-20(14-19)24-30-16-22(23-13-17(3)33-34-23)25(32-24)31-21-9-11-26(27,28)12-10-21/h4,6-8,14-16,21H,5,9-13H2,1-3H3,(H,30,31,32)/b18-4+,29-15?. The van der Waals surface area contributed by atoms with Gasteiger partial charge < -0.3 is 5.32 Å². The average molecular weight is 465 g/mol. The van der Waals surface area contributed by atoms with Gasteiger partial charge in [0.15, 0.2) is 5.82 Å². The summed E-state index contributed by atoms with van der Waals surface area (Å²) in [5.74, 6) is -1.40. The summed E-state index contributed by atoms with van der Waals surface area (Å²) in [7, 11) is 0. The van der Waals surface area contributed by atoms with Crippen molar-refractivity contribution in [3.05, 3.63) is 47.7 Å². The van der Waals surface area contributed by atoms with Crippen molar-refractivity contribution in [2.24, 2.45) is 15.2 Å². The fraction of sp³-hybridized carbons (Fsp3) is 0.423. The number of nitrogens with zero attached hydrogens (tertiary/aromatic N) is 5. The summed E-state index contributed by atoms with van der Waals surface area (Å²) >= 11 is 0. The first-order valence-corrected chi connectivity index (χ1v) is 11.8. The molecular formula is C26H30F2N6. The Labute approximate surface area is 199 Å². The molecule has 1 aliphatic heterocycles. The third kappa shape index (κ3) is 5.61. The number of aliphatic imine (C=N–C) groups is 1. The third-order valence-corrected chi connectivity index (χ3v) is 6.10. The highest BCUT2D eigenvalue weighted by Gasteiger charge is 2.35. The van der Waals surface area contributed by atoms with Crippen LogP contribution in [0.3, 0.4) is 0 Å². The number of hydrogen-bond donors (Lipinski definition) is 1. The fourth-order valence-corrected chi connectivity index (χ4v) is 4.17. The molecule has 1 N–H and O–H groups in total. The van der Waals surface area contributed by atoms with Gasteiger partial charge in [-0.3, -0.25) is 4.99 Å². The molecule has 0 spiro atoms. The van der Waals surface area contributed by atoms with Crippen molar-refractivity contribution in [2.45, 2.75) is 64.8 Å². The molecular weight excluding hydrogens is 434 g/mol. The largest absolute Gasteiger partial charge is 0.367 e. The molecule has 4 rings (SSSR count). The lowest BCUT2D eigenvalue weighted by Crippen LogP contribution is -2.32. The van der Waals surface area contributed by atoms with Crippen LogP contribution in [0.2, 0.25) is 0 Å². The molecule has 0 radical (unpaired) electrons. The highest BCUT2D eigenvalue weighted by Crippen LogP contribution is 2.35. The summed E-state index contributed by atoms with van der Waals surface area (Å²) in [5.41, 5.74) is 5.39. The summed E-state index contributed by atoms with van der Waals surface area (Å²) in [5, 5.41) is 11.9. The second kappa shape index (κ2) is 10.3. The number of aromatic nitrogens is 2. The van der Waals surface area contributed by atoms with Crippen LogP contribution >= 0.6 is 0 Å².